The summed E-state index contributed by atoms with van der Waals surface area (Å²) in [5.41, 5.74) is -6.63. The van der Waals surface area contributed by atoms with Crippen LogP contribution in [0.25, 0.3) is 0 Å². The number of halogens is 11. The first-order valence-electron chi connectivity index (χ1n) is 12.6. The molecule has 1 aromatic carbocycles. The number of fused-ring (bicyclic) bond motifs is 1. The molecular weight excluding hydrogens is 640 g/mol. The first-order valence-corrected chi connectivity index (χ1v) is 12.9. The summed E-state index contributed by atoms with van der Waals surface area (Å²) < 4.78 is 135. The van der Waals surface area contributed by atoms with E-state index >= 15 is 0 Å². The molecule has 1 aliphatic heterocycles. The monoisotopic (exact) mass is 659 g/mol. The predicted octanol–water partition coefficient (Wildman–Crippen LogP) is 6.44. The molecule has 44 heavy (non-hydrogen) atoms. The largest absolute Gasteiger partial charge is 0.435 e. The molecule has 0 spiro atoms. The third kappa shape index (κ3) is 6.49. The molecule has 17 heteroatoms. The fraction of sp³-hybridized carbons (Fsp3) is 0.370. The van der Waals surface area contributed by atoms with Gasteiger partial charge in [0.15, 0.2) is 5.82 Å². The lowest BCUT2D eigenvalue weighted by atomic mass is 9.70. The highest BCUT2D eigenvalue weighted by Gasteiger charge is 2.63. The molecule has 2 N–H and O–H groups in total. The van der Waals surface area contributed by atoms with E-state index < -0.39 is 89.3 Å². The average molecular weight is 660 g/mol. The van der Waals surface area contributed by atoms with Crippen molar-refractivity contribution in [2.45, 2.75) is 37.5 Å². The summed E-state index contributed by atoms with van der Waals surface area (Å²) in [7, 11) is 0. The molecule has 2 aliphatic carbocycles. The van der Waals surface area contributed by atoms with Crippen LogP contribution in [0.3, 0.4) is 0 Å². The van der Waals surface area contributed by atoms with Crippen molar-refractivity contribution in [1.82, 2.24) is 10.6 Å². The maximum atomic E-state index is 14.5. The average Bonchev–Trinajstić information content (AvgIpc) is 3.37. The number of amides is 2. The van der Waals surface area contributed by atoms with E-state index in [1.54, 1.807) is 24.4 Å². The van der Waals surface area contributed by atoms with Crippen LogP contribution in [0.2, 0.25) is 5.02 Å². The van der Waals surface area contributed by atoms with Gasteiger partial charge in [-0.05, 0) is 23.6 Å². The lowest BCUT2D eigenvalue weighted by Crippen LogP contribution is -2.43. The SMILES string of the molecule is CC1C=CC=C2C(C3=NO[C@@](c4cc(Cl)c(F)c(C(F)(F)F)c4)(C(F)(F)F)C3)=CC=C(C(=O)NCC(=O)NCC(F)(F)F)C21. The normalized spacial score (nSPS) is 23.5. The van der Waals surface area contributed by atoms with Gasteiger partial charge in [0.05, 0.1) is 22.8 Å². The van der Waals surface area contributed by atoms with E-state index in [9.17, 15) is 53.5 Å². The van der Waals surface area contributed by atoms with Crippen LogP contribution in [-0.2, 0) is 26.2 Å². The molecule has 0 aromatic heterocycles. The maximum Gasteiger partial charge on any atom is 0.435 e. The van der Waals surface area contributed by atoms with Crippen molar-refractivity contribution in [1.29, 1.82) is 0 Å². The molecule has 1 aromatic rings. The molecule has 1 heterocycles. The molecule has 6 nitrogen and oxygen atoms in total. The number of oxime groups is 1. The molecule has 0 bridgehead atoms. The van der Waals surface area contributed by atoms with Gasteiger partial charge in [-0.25, -0.2) is 4.39 Å². The van der Waals surface area contributed by atoms with Gasteiger partial charge in [0.25, 0.3) is 5.60 Å². The number of hydrogen-bond donors (Lipinski definition) is 2. The van der Waals surface area contributed by atoms with Crippen molar-refractivity contribution in [2.24, 2.45) is 17.0 Å². The van der Waals surface area contributed by atoms with Crippen molar-refractivity contribution in [3.63, 3.8) is 0 Å². The lowest BCUT2D eigenvalue weighted by Gasteiger charge is -2.33. The number of carbonyl (C=O) groups is 2. The molecule has 0 saturated heterocycles. The van der Waals surface area contributed by atoms with E-state index in [4.69, 9.17) is 16.4 Å². The highest BCUT2D eigenvalue weighted by atomic mass is 35.5. The van der Waals surface area contributed by atoms with Crippen molar-refractivity contribution in [2.75, 3.05) is 13.1 Å². The zero-order chi connectivity index (χ0) is 32.8. The van der Waals surface area contributed by atoms with Crippen molar-refractivity contribution < 1.29 is 58.3 Å². The molecule has 0 saturated carbocycles. The Labute approximate surface area is 247 Å². The molecule has 0 fully saturated rings. The molecule has 2 amide bonds. The minimum atomic E-state index is -5.38. The van der Waals surface area contributed by atoms with Gasteiger partial charge in [0, 0.05) is 29.0 Å². The number of alkyl halides is 9. The third-order valence-electron chi connectivity index (χ3n) is 7.08. The van der Waals surface area contributed by atoms with Gasteiger partial charge >= 0.3 is 18.5 Å². The highest BCUT2D eigenvalue weighted by molar-refractivity contribution is 6.30. The number of nitrogens with one attached hydrogen (secondary N) is 2. The van der Waals surface area contributed by atoms with E-state index in [1.807, 2.05) is 0 Å². The van der Waals surface area contributed by atoms with Crippen LogP contribution in [0, 0.1) is 17.7 Å². The molecule has 0 radical (unpaired) electrons. The summed E-state index contributed by atoms with van der Waals surface area (Å²) in [6, 6.07) is 0.344. The highest BCUT2D eigenvalue weighted by Crippen LogP contribution is 2.52. The number of nitrogens with zero attached hydrogens (tertiary/aromatic N) is 1. The fourth-order valence-electron chi connectivity index (χ4n) is 4.99. The molecule has 4 rings (SSSR count). The molecular formula is C27H20ClF10N3O3. The number of carbonyl (C=O) groups excluding carboxylic acids is 2. The second-order valence-electron chi connectivity index (χ2n) is 10.1. The number of hydrogen-bond acceptors (Lipinski definition) is 4. The Morgan fingerprint density at radius 3 is 2.34 bits per heavy atom. The fourth-order valence-corrected chi connectivity index (χ4v) is 5.21. The van der Waals surface area contributed by atoms with Crippen LogP contribution in [0.15, 0.2) is 64.4 Å². The molecule has 238 valence electrons. The third-order valence-corrected chi connectivity index (χ3v) is 7.36. The number of benzene rings is 1. The van der Waals surface area contributed by atoms with Crippen LogP contribution in [0.5, 0.6) is 0 Å². The van der Waals surface area contributed by atoms with Crippen LogP contribution in [-0.4, -0.2) is 43.0 Å². The predicted molar refractivity (Wildman–Crippen MR) is 135 cm³/mol. The van der Waals surface area contributed by atoms with Gasteiger partial charge in [-0.3, -0.25) is 9.59 Å². The zero-order valence-electron chi connectivity index (χ0n) is 22.1. The summed E-state index contributed by atoms with van der Waals surface area (Å²) in [6.45, 7) is -0.743. The minimum absolute atomic E-state index is 0.0298. The first kappa shape index (κ1) is 33.1. The van der Waals surface area contributed by atoms with E-state index in [0.29, 0.717) is 6.07 Å². The van der Waals surface area contributed by atoms with E-state index in [-0.39, 0.29) is 28.5 Å². The summed E-state index contributed by atoms with van der Waals surface area (Å²) in [4.78, 5) is 29.5. The molecule has 3 aliphatic rings. The number of allylic oxidation sites excluding steroid dienone is 7. The van der Waals surface area contributed by atoms with Gasteiger partial charge in [0.1, 0.15) is 6.54 Å². The smallest absolute Gasteiger partial charge is 0.374 e. The Balaban J connectivity index is 1.66. The Morgan fingerprint density at radius 2 is 1.73 bits per heavy atom. The maximum absolute atomic E-state index is 14.5. The molecule has 2 unspecified atom stereocenters. The second kappa shape index (κ2) is 11.6. The Bertz CT molecular complexity index is 1520. The van der Waals surface area contributed by atoms with Gasteiger partial charge in [-0.15, -0.1) is 0 Å². The van der Waals surface area contributed by atoms with Gasteiger partial charge in [0.2, 0.25) is 11.8 Å². The minimum Gasteiger partial charge on any atom is -0.374 e. The van der Waals surface area contributed by atoms with Gasteiger partial charge in [-0.1, -0.05) is 54.1 Å². The van der Waals surface area contributed by atoms with Crippen LogP contribution >= 0.6 is 11.6 Å². The van der Waals surface area contributed by atoms with Crippen molar-refractivity contribution in [3.8, 4) is 0 Å². The first-order chi connectivity index (χ1) is 20.2. The summed E-state index contributed by atoms with van der Waals surface area (Å²) in [5, 5.41) is 6.14. The number of rotatable bonds is 6. The van der Waals surface area contributed by atoms with E-state index in [0.717, 1.165) is 0 Å². The van der Waals surface area contributed by atoms with E-state index in [2.05, 4.69) is 10.5 Å². The standard InChI is InChI=1S/C27H20ClF10N3O3/c1-12-3-2-4-15-14(5-6-16(21(12)15)23(43)39-10-20(42)40-11-25(30,31)32)19-9-24(44-41-19,27(36,37)38)13-7-17(26(33,34)35)22(29)18(28)8-13/h2-8,12,21H,9-11H2,1H3,(H,39,43)(H,40,42)/t12?,21?,24-/m0/s1. The topological polar surface area (TPSA) is 79.8 Å². The summed E-state index contributed by atoms with van der Waals surface area (Å²) in [6.07, 6.45) is -9.41. The van der Waals surface area contributed by atoms with Crippen LogP contribution < -0.4 is 10.6 Å². The van der Waals surface area contributed by atoms with Gasteiger partial charge in [-0.2, -0.15) is 39.5 Å². The van der Waals surface area contributed by atoms with E-state index in [1.165, 1.54) is 18.2 Å². The quantitative estimate of drug-likeness (QED) is 0.345. The van der Waals surface area contributed by atoms with Crippen LogP contribution in [0.1, 0.15) is 24.5 Å². The Kier molecular flexibility index (Phi) is 8.72. The Hall–Kier alpha value is -3.82. The second-order valence-corrected chi connectivity index (χ2v) is 10.5. The van der Waals surface area contributed by atoms with Crippen molar-refractivity contribution >= 4 is 29.1 Å². The summed E-state index contributed by atoms with van der Waals surface area (Å²) >= 11 is 5.55. The summed E-state index contributed by atoms with van der Waals surface area (Å²) in [5.74, 6) is -5.19. The van der Waals surface area contributed by atoms with Gasteiger partial charge < -0.3 is 15.5 Å². The van der Waals surface area contributed by atoms with Crippen molar-refractivity contribution in [3.05, 3.63) is 81.2 Å². The molecule has 3 atom stereocenters. The Morgan fingerprint density at radius 1 is 1.05 bits per heavy atom. The van der Waals surface area contributed by atoms with Crippen LogP contribution in [0.4, 0.5) is 43.9 Å². The lowest BCUT2D eigenvalue weighted by molar-refractivity contribution is -0.276. The zero-order valence-corrected chi connectivity index (χ0v) is 22.9.